The summed E-state index contributed by atoms with van der Waals surface area (Å²) >= 11 is 0. The van der Waals surface area contributed by atoms with E-state index in [1.165, 1.54) is 0 Å². The standard InChI is InChI=1S/C28H26N4O4.C26H20N4O3/c1-16-11-21(36-15-20(34)14-33)12-17(2)26(16)27-30-23-9-7-19(13-24(23)31-27)28(35)32-25-10-8-18-5-3-4-6-22(18)29-25;31-24(32)14-7-16-5-8-18(9-6-16)25-28-21-12-10-19(15-22(21)29-25)26(33)30-23-13-11-17-3-1-2-4-20(17)27-23/h3-13,20,33-34H,14-15H2,1-2H3,(H,30,31)(H,29,32,35);1-6,8-13,15H,7,14H2,(H,28,29)(H,31,32)(H,27,30,33)/t20-;/m0./s1. The highest BCUT2D eigenvalue weighted by atomic mass is 16.5. The molecule has 15 nitrogen and oxygen atoms in total. The number of ether oxygens (including phenoxy) is 1. The van der Waals surface area contributed by atoms with E-state index in [1.54, 1.807) is 42.5 Å². The number of aromatic nitrogens is 6. The number of nitrogens with one attached hydrogen (secondary N) is 4. The van der Waals surface area contributed by atoms with Gasteiger partial charge in [0.1, 0.15) is 41.7 Å². The zero-order chi connectivity index (χ0) is 48.0. The first kappa shape index (κ1) is 45.4. The van der Waals surface area contributed by atoms with Crippen molar-refractivity contribution in [3.8, 4) is 28.5 Å². The number of carboxylic acid groups (broad SMARTS) is 1. The Morgan fingerprint density at radius 1 is 0.609 bits per heavy atom. The van der Waals surface area contributed by atoms with Gasteiger partial charge >= 0.3 is 5.97 Å². The summed E-state index contributed by atoms with van der Waals surface area (Å²) in [4.78, 5) is 61.4. The Kier molecular flexibility index (Phi) is 13.1. The largest absolute Gasteiger partial charge is 0.491 e. The number of carbonyl (C=O) groups excluding carboxylic acids is 2. The molecule has 2 amide bonds. The fraction of sp³-hybridized carbons (Fsp3) is 0.130. The normalized spacial score (nSPS) is 11.6. The van der Waals surface area contributed by atoms with E-state index in [9.17, 15) is 19.5 Å². The molecule has 4 aromatic heterocycles. The van der Waals surface area contributed by atoms with Gasteiger partial charge in [-0.15, -0.1) is 0 Å². The summed E-state index contributed by atoms with van der Waals surface area (Å²) < 4.78 is 5.59. The molecule has 0 spiro atoms. The Hall–Kier alpha value is -8.79. The van der Waals surface area contributed by atoms with Crippen LogP contribution in [0.5, 0.6) is 5.75 Å². The number of fused-ring (bicyclic) bond motifs is 4. The number of amides is 2. The molecule has 6 aromatic carbocycles. The minimum Gasteiger partial charge on any atom is -0.491 e. The van der Waals surface area contributed by atoms with E-state index in [0.717, 1.165) is 71.7 Å². The third-order valence-corrected chi connectivity index (χ3v) is 11.4. The molecule has 7 N–H and O–H groups in total. The van der Waals surface area contributed by atoms with Crippen molar-refractivity contribution in [3.63, 3.8) is 0 Å². The molecule has 0 aliphatic heterocycles. The fourth-order valence-corrected chi connectivity index (χ4v) is 7.91. The summed E-state index contributed by atoms with van der Waals surface area (Å²) in [6, 6.07) is 44.9. The molecule has 10 rings (SSSR count). The lowest BCUT2D eigenvalue weighted by molar-refractivity contribution is -0.136. The first-order valence-electron chi connectivity index (χ1n) is 22.1. The van der Waals surface area contributed by atoms with Gasteiger partial charge in [-0.2, -0.15) is 0 Å². The number of anilines is 2. The Balaban J connectivity index is 0.000000172. The number of rotatable bonds is 13. The van der Waals surface area contributed by atoms with Crippen LogP contribution in [0.1, 0.15) is 43.8 Å². The van der Waals surface area contributed by atoms with Crippen LogP contribution in [-0.4, -0.2) is 82.3 Å². The van der Waals surface area contributed by atoms with Gasteiger partial charge in [-0.3, -0.25) is 14.4 Å². The Bertz CT molecular complexity index is 3510. The number of aromatic amines is 2. The van der Waals surface area contributed by atoms with Gasteiger partial charge in [0.15, 0.2) is 0 Å². The smallest absolute Gasteiger partial charge is 0.303 e. The minimum atomic E-state index is -0.927. The van der Waals surface area contributed by atoms with Crippen LogP contribution >= 0.6 is 0 Å². The van der Waals surface area contributed by atoms with Gasteiger partial charge in [0.05, 0.1) is 39.7 Å². The van der Waals surface area contributed by atoms with E-state index in [0.29, 0.717) is 46.6 Å². The molecular formula is C54H46N8O7. The molecule has 1 atom stereocenters. The first-order valence-corrected chi connectivity index (χ1v) is 22.1. The van der Waals surface area contributed by atoms with Gasteiger partial charge in [-0.05, 0) is 122 Å². The second kappa shape index (κ2) is 20.0. The van der Waals surface area contributed by atoms with Crippen molar-refractivity contribution in [1.82, 2.24) is 29.9 Å². The number of nitrogens with zero attached hydrogens (tertiary/aromatic N) is 4. The maximum Gasteiger partial charge on any atom is 0.303 e. The van der Waals surface area contributed by atoms with E-state index in [1.807, 2.05) is 117 Å². The molecular weight excluding hydrogens is 873 g/mol. The van der Waals surface area contributed by atoms with Gasteiger partial charge in [0.25, 0.3) is 11.8 Å². The average molecular weight is 919 g/mol. The van der Waals surface area contributed by atoms with Crippen LogP contribution in [0, 0.1) is 13.8 Å². The van der Waals surface area contributed by atoms with Crippen LogP contribution in [-0.2, 0) is 11.2 Å². The third-order valence-electron chi connectivity index (χ3n) is 11.4. The summed E-state index contributed by atoms with van der Waals surface area (Å²) in [6.07, 6.45) is -0.340. The number of hydrogen-bond acceptors (Lipinski definition) is 10. The number of para-hydroxylation sites is 2. The quantitative estimate of drug-likeness (QED) is 0.0576. The number of pyridine rings is 2. The summed E-state index contributed by atoms with van der Waals surface area (Å²) in [5.41, 5.74) is 10.3. The maximum absolute atomic E-state index is 12.9. The molecule has 0 aliphatic rings. The molecule has 0 bridgehead atoms. The molecule has 0 radical (unpaired) electrons. The summed E-state index contributed by atoms with van der Waals surface area (Å²) in [7, 11) is 0. The summed E-state index contributed by atoms with van der Waals surface area (Å²) in [5.74, 6) is 1.65. The number of aliphatic hydroxyl groups is 2. The number of imidazole rings is 2. The predicted molar refractivity (Wildman–Crippen MR) is 266 cm³/mol. The molecule has 10 aromatic rings. The summed E-state index contributed by atoms with van der Waals surface area (Å²) in [6.45, 7) is 3.58. The Morgan fingerprint density at radius 2 is 1.13 bits per heavy atom. The lowest BCUT2D eigenvalue weighted by atomic mass is 10.0. The van der Waals surface area contributed by atoms with Crippen molar-refractivity contribution in [1.29, 1.82) is 0 Å². The fourth-order valence-electron chi connectivity index (χ4n) is 7.91. The number of carbonyl (C=O) groups is 3. The maximum atomic E-state index is 12.9. The number of benzene rings is 6. The van der Waals surface area contributed by atoms with Crippen molar-refractivity contribution in [2.24, 2.45) is 0 Å². The number of carboxylic acids is 1. The van der Waals surface area contributed by atoms with Crippen LogP contribution in [0.4, 0.5) is 11.6 Å². The van der Waals surface area contributed by atoms with E-state index in [2.05, 4.69) is 35.6 Å². The second-order valence-electron chi connectivity index (χ2n) is 16.5. The number of H-pyrrole nitrogens is 2. The predicted octanol–water partition coefficient (Wildman–Crippen LogP) is 9.43. The van der Waals surface area contributed by atoms with Crippen molar-refractivity contribution >= 4 is 73.3 Å². The number of aliphatic hydroxyl groups excluding tert-OH is 2. The second-order valence-corrected chi connectivity index (χ2v) is 16.5. The molecule has 344 valence electrons. The van der Waals surface area contributed by atoms with Crippen molar-refractivity contribution < 1.29 is 34.4 Å². The number of aliphatic carboxylic acids is 1. The summed E-state index contributed by atoms with van der Waals surface area (Å²) in [5, 5.41) is 35.1. The molecule has 69 heavy (non-hydrogen) atoms. The first-order chi connectivity index (χ1) is 33.5. The molecule has 0 unspecified atom stereocenters. The number of aryl methyl sites for hydroxylation is 3. The lowest BCUT2D eigenvalue weighted by Crippen LogP contribution is -2.21. The molecule has 0 saturated carbocycles. The lowest BCUT2D eigenvalue weighted by Gasteiger charge is -2.14. The zero-order valence-corrected chi connectivity index (χ0v) is 37.5. The van der Waals surface area contributed by atoms with Gasteiger partial charge in [-0.1, -0.05) is 60.7 Å². The average Bonchev–Trinajstić information content (AvgIpc) is 3.99. The minimum absolute atomic E-state index is 0.0128. The Morgan fingerprint density at radius 3 is 1.67 bits per heavy atom. The highest BCUT2D eigenvalue weighted by Gasteiger charge is 2.17. The van der Waals surface area contributed by atoms with E-state index in [-0.39, 0.29) is 31.4 Å². The van der Waals surface area contributed by atoms with E-state index >= 15 is 0 Å². The van der Waals surface area contributed by atoms with E-state index in [4.69, 9.17) is 19.9 Å². The van der Waals surface area contributed by atoms with Crippen molar-refractivity contribution in [2.75, 3.05) is 23.8 Å². The number of hydrogen-bond donors (Lipinski definition) is 7. The van der Waals surface area contributed by atoms with Gasteiger partial charge in [0, 0.05) is 39.4 Å². The van der Waals surface area contributed by atoms with Gasteiger partial charge < -0.3 is 40.7 Å². The van der Waals surface area contributed by atoms with Crippen molar-refractivity contribution in [2.45, 2.75) is 32.8 Å². The van der Waals surface area contributed by atoms with Crippen LogP contribution in [0.25, 0.3) is 66.6 Å². The van der Waals surface area contributed by atoms with Crippen LogP contribution < -0.4 is 15.4 Å². The van der Waals surface area contributed by atoms with Crippen LogP contribution in [0.2, 0.25) is 0 Å². The highest BCUT2D eigenvalue weighted by Crippen LogP contribution is 2.31. The van der Waals surface area contributed by atoms with Crippen LogP contribution in [0.3, 0.4) is 0 Å². The van der Waals surface area contributed by atoms with Gasteiger partial charge in [0.2, 0.25) is 0 Å². The molecule has 4 heterocycles. The topological polar surface area (TPSA) is 228 Å². The zero-order valence-electron chi connectivity index (χ0n) is 37.5. The van der Waals surface area contributed by atoms with E-state index < -0.39 is 12.1 Å². The van der Waals surface area contributed by atoms with Crippen molar-refractivity contribution in [3.05, 3.63) is 173 Å². The van der Waals surface area contributed by atoms with Crippen LogP contribution in [0.15, 0.2) is 146 Å². The molecule has 0 fully saturated rings. The van der Waals surface area contributed by atoms with Gasteiger partial charge in [-0.25, -0.2) is 19.9 Å². The molecule has 0 aliphatic carbocycles. The highest BCUT2D eigenvalue weighted by molar-refractivity contribution is 6.07. The monoisotopic (exact) mass is 918 g/mol. The molecule has 15 heteroatoms. The molecule has 0 saturated heterocycles. The Labute approximate surface area is 394 Å². The SMILES string of the molecule is Cc1cc(OC[C@@H](O)CO)cc(C)c1-c1nc2ccc(C(=O)Nc3ccc4ccccc4n3)cc2[nH]1.O=C(O)CCc1ccc(-c2nc3ccc(C(=O)Nc4ccc5ccccc5n4)cc3[nH]2)cc1. The third kappa shape index (κ3) is 10.6.